The van der Waals surface area contributed by atoms with Gasteiger partial charge < -0.3 is 14.8 Å². The number of Topliss-reactive ketones (excluding diaryl/α,β-unsaturated/α-hetero) is 1. The Kier molecular flexibility index (Phi) is 8.43. The molecule has 8 nitrogen and oxygen atoms in total. The fourth-order valence-corrected chi connectivity index (χ4v) is 4.97. The number of amides is 1. The summed E-state index contributed by atoms with van der Waals surface area (Å²) in [4.78, 5) is 43.6. The summed E-state index contributed by atoms with van der Waals surface area (Å²) >= 11 is 1.22. The fraction of sp³-hybridized carbons (Fsp3) is 0.407. The minimum Gasteiger partial charge on any atom is -0.494 e. The van der Waals surface area contributed by atoms with Gasteiger partial charge in [0.15, 0.2) is 10.9 Å². The van der Waals surface area contributed by atoms with Gasteiger partial charge in [-0.15, -0.1) is 0 Å². The van der Waals surface area contributed by atoms with Crippen LogP contribution >= 0.6 is 11.8 Å². The molecule has 4 rings (SSSR count). The minimum absolute atomic E-state index is 0.0136. The Hall–Kier alpha value is -3.17. The van der Waals surface area contributed by atoms with Crippen molar-refractivity contribution in [3.63, 3.8) is 0 Å². The quantitative estimate of drug-likeness (QED) is 0.250. The van der Waals surface area contributed by atoms with E-state index in [0.717, 1.165) is 12.8 Å². The van der Waals surface area contributed by atoms with Crippen molar-refractivity contribution in [3.05, 3.63) is 63.9 Å². The smallest absolute Gasteiger partial charge is 0.262 e. The van der Waals surface area contributed by atoms with Crippen LogP contribution in [0, 0.1) is 0 Å². The van der Waals surface area contributed by atoms with Crippen molar-refractivity contribution < 1.29 is 19.1 Å². The SMILES string of the molecule is CCOc1ccc(C(=O)CSc2nc3cc(C(=O)NC(C)C)ccc3c(=O)n2C[C@@H]2CCCO2)cc1. The van der Waals surface area contributed by atoms with Crippen LogP contribution in [0.3, 0.4) is 0 Å². The Morgan fingerprint density at radius 2 is 1.94 bits per heavy atom. The highest BCUT2D eigenvalue weighted by Gasteiger charge is 2.21. The van der Waals surface area contributed by atoms with E-state index >= 15 is 0 Å². The maximum atomic E-state index is 13.5. The molecule has 2 aromatic carbocycles. The number of hydrogen-bond donors (Lipinski definition) is 1. The molecule has 1 saturated heterocycles. The van der Waals surface area contributed by atoms with Gasteiger partial charge in [0, 0.05) is 23.8 Å². The molecule has 0 radical (unpaired) electrons. The van der Waals surface area contributed by atoms with Crippen LogP contribution in [0.4, 0.5) is 0 Å². The lowest BCUT2D eigenvalue weighted by atomic mass is 10.1. The van der Waals surface area contributed by atoms with Crippen LogP contribution < -0.4 is 15.6 Å². The lowest BCUT2D eigenvalue weighted by Gasteiger charge is -2.17. The molecule has 36 heavy (non-hydrogen) atoms. The number of rotatable bonds is 10. The maximum Gasteiger partial charge on any atom is 0.262 e. The zero-order chi connectivity index (χ0) is 25.7. The van der Waals surface area contributed by atoms with Gasteiger partial charge in [0.2, 0.25) is 0 Å². The summed E-state index contributed by atoms with van der Waals surface area (Å²) in [7, 11) is 0. The summed E-state index contributed by atoms with van der Waals surface area (Å²) in [6.07, 6.45) is 1.75. The second-order valence-electron chi connectivity index (χ2n) is 8.97. The third-order valence-corrected chi connectivity index (χ3v) is 6.81. The van der Waals surface area contributed by atoms with Gasteiger partial charge in [0.25, 0.3) is 11.5 Å². The molecular weight excluding hydrogens is 478 g/mol. The van der Waals surface area contributed by atoms with E-state index in [-0.39, 0.29) is 35.1 Å². The number of aromatic nitrogens is 2. The molecule has 1 aliphatic heterocycles. The number of fused-ring (bicyclic) bond motifs is 1. The van der Waals surface area contributed by atoms with Crippen molar-refractivity contribution in [1.29, 1.82) is 0 Å². The summed E-state index contributed by atoms with van der Waals surface area (Å²) < 4.78 is 12.8. The Labute approximate surface area is 214 Å². The summed E-state index contributed by atoms with van der Waals surface area (Å²) in [5.74, 6) is 0.522. The Morgan fingerprint density at radius 3 is 2.61 bits per heavy atom. The first-order valence-electron chi connectivity index (χ1n) is 12.2. The standard InChI is InChI=1S/C27H31N3O5S/c1-4-34-20-10-7-18(8-11-20)24(31)16-36-27-29-23-14-19(25(32)28-17(2)3)9-12-22(23)26(33)30(27)15-21-6-5-13-35-21/h7-12,14,17,21H,4-6,13,15-16H2,1-3H3,(H,28,32)/t21-/m0/s1. The average Bonchev–Trinajstić information content (AvgIpc) is 3.38. The molecule has 0 spiro atoms. The van der Waals surface area contributed by atoms with Crippen LogP contribution in [0.1, 0.15) is 54.3 Å². The van der Waals surface area contributed by atoms with E-state index in [1.54, 1.807) is 47.0 Å². The molecule has 2 heterocycles. The second-order valence-corrected chi connectivity index (χ2v) is 9.92. The summed E-state index contributed by atoms with van der Waals surface area (Å²) in [6.45, 7) is 7.28. The third kappa shape index (κ3) is 6.14. The van der Waals surface area contributed by atoms with Crippen LogP contribution in [-0.4, -0.2) is 52.4 Å². The van der Waals surface area contributed by atoms with Gasteiger partial charge in [-0.3, -0.25) is 19.0 Å². The number of carbonyl (C=O) groups excluding carboxylic acids is 2. The lowest BCUT2D eigenvalue weighted by molar-refractivity contribution is 0.0936. The first kappa shape index (κ1) is 25.9. The monoisotopic (exact) mass is 509 g/mol. The van der Waals surface area contributed by atoms with E-state index in [1.165, 1.54) is 11.8 Å². The van der Waals surface area contributed by atoms with E-state index in [4.69, 9.17) is 14.5 Å². The van der Waals surface area contributed by atoms with Crippen LogP contribution in [0.5, 0.6) is 5.75 Å². The molecule has 0 unspecified atom stereocenters. The van der Waals surface area contributed by atoms with Gasteiger partial charge >= 0.3 is 0 Å². The zero-order valence-electron chi connectivity index (χ0n) is 20.8. The van der Waals surface area contributed by atoms with Crippen LogP contribution in [0.15, 0.2) is 52.4 Å². The fourth-order valence-electron chi connectivity index (χ4n) is 4.07. The highest BCUT2D eigenvalue weighted by atomic mass is 32.2. The molecule has 190 valence electrons. The molecule has 1 aliphatic rings. The molecule has 1 aromatic heterocycles. The van der Waals surface area contributed by atoms with Crippen molar-refractivity contribution in [1.82, 2.24) is 14.9 Å². The molecule has 1 atom stereocenters. The highest BCUT2D eigenvalue weighted by molar-refractivity contribution is 7.99. The van der Waals surface area contributed by atoms with Crippen molar-refractivity contribution >= 4 is 34.4 Å². The molecule has 3 aromatic rings. The number of hydrogen-bond acceptors (Lipinski definition) is 7. The lowest BCUT2D eigenvalue weighted by Crippen LogP contribution is -2.31. The molecule has 1 fully saturated rings. The largest absolute Gasteiger partial charge is 0.494 e. The number of benzene rings is 2. The van der Waals surface area contributed by atoms with E-state index in [2.05, 4.69) is 5.32 Å². The van der Waals surface area contributed by atoms with E-state index in [1.807, 2.05) is 20.8 Å². The zero-order valence-corrected chi connectivity index (χ0v) is 21.6. The number of thioether (sulfide) groups is 1. The molecule has 0 bridgehead atoms. The van der Waals surface area contributed by atoms with Crippen molar-refractivity contribution in [2.45, 2.75) is 57.5 Å². The number of carbonyl (C=O) groups is 2. The second kappa shape index (κ2) is 11.7. The summed E-state index contributed by atoms with van der Waals surface area (Å²) in [5, 5.41) is 3.72. The molecule has 1 amide bonds. The normalized spacial score (nSPS) is 15.4. The van der Waals surface area contributed by atoms with Gasteiger partial charge in [-0.1, -0.05) is 11.8 Å². The number of ketones is 1. The van der Waals surface area contributed by atoms with Crippen molar-refractivity contribution in [2.24, 2.45) is 0 Å². The molecule has 9 heteroatoms. The average molecular weight is 510 g/mol. The first-order chi connectivity index (χ1) is 17.4. The Morgan fingerprint density at radius 1 is 1.19 bits per heavy atom. The van der Waals surface area contributed by atoms with Gasteiger partial charge in [-0.05, 0) is 76.1 Å². The number of ether oxygens (including phenoxy) is 2. The number of nitrogens with one attached hydrogen (secondary N) is 1. The van der Waals surface area contributed by atoms with E-state index < -0.39 is 0 Å². The van der Waals surface area contributed by atoms with E-state index in [9.17, 15) is 14.4 Å². The van der Waals surface area contributed by atoms with Gasteiger partial charge in [-0.2, -0.15) is 0 Å². The Bertz CT molecular complexity index is 1300. The van der Waals surface area contributed by atoms with Crippen molar-refractivity contribution in [2.75, 3.05) is 19.0 Å². The number of nitrogens with zero attached hydrogens (tertiary/aromatic N) is 2. The topological polar surface area (TPSA) is 99.5 Å². The summed E-state index contributed by atoms with van der Waals surface area (Å²) in [5.41, 5.74) is 1.21. The highest BCUT2D eigenvalue weighted by Crippen LogP contribution is 2.23. The van der Waals surface area contributed by atoms with Crippen LogP contribution in [-0.2, 0) is 11.3 Å². The minimum atomic E-state index is -0.225. The summed E-state index contributed by atoms with van der Waals surface area (Å²) in [6, 6.07) is 11.9. The van der Waals surface area contributed by atoms with Crippen LogP contribution in [0.25, 0.3) is 10.9 Å². The molecular formula is C27H31N3O5S. The van der Waals surface area contributed by atoms with Crippen molar-refractivity contribution in [3.8, 4) is 5.75 Å². The van der Waals surface area contributed by atoms with Gasteiger partial charge in [-0.25, -0.2) is 4.98 Å². The van der Waals surface area contributed by atoms with Gasteiger partial charge in [0.1, 0.15) is 5.75 Å². The molecule has 1 N–H and O–H groups in total. The van der Waals surface area contributed by atoms with Crippen LogP contribution in [0.2, 0.25) is 0 Å². The predicted molar refractivity (Wildman–Crippen MR) is 140 cm³/mol. The maximum absolute atomic E-state index is 13.5. The van der Waals surface area contributed by atoms with E-state index in [0.29, 0.717) is 52.7 Å². The molecule has 0 aliphatic carbocycles. The third-order valence-electron chi connectivity index (χ3n) is 5.83. The predicted octanol–water partition coefficient (Wildman–Crippen LogP) is 4.09. The Balaban J connectivity index is 1.63. The first-order valence-corrected chi connectivity index (χ1v) is 13.2. The molecule has 0 saturated carbocycles. The van der Waals surface area contributed by atoms with Gasteiger partial charge in [0.05, 0.1) is 35.9 Å².